The van der Waals surface area contributed by atoms with E-state index in [2.05, 4.69) is 0 Å². The highest BCUT2D eigenvalue weighted by Crippen LogP contribution is 2.13. The highest BCUT2D eigenvalue weighted by molar-refractivity contribution is 7.09. The molecule has 0 aliphatic heterocycles. The standard InChI is InChI=1S/C7H5NOS/c9-8-3-1-2-6-4-10-5-7(6)8/h1-5H. The lowest BCUT2D eigenvalue weighted by Crippen LogP contribution is -2.24. The van der Waals surface area contributed by atoms with Crippen molar-refractivity contribution < 1.29 is 4.73 Å². The van der Waals surface area contributed by atoms with Crippen LogP contribution >= 0.6 is 11.3 Å². The Labute approximate surface area is 61.9 Å². The van der Waals surface area contributed by atoms with Gasteiger partial charge in [0, 0.05) is 11.4 Å². The molecular formula is C7H5NOS. The molecule has 0 amide bonds. The second kappa shape index (κ2) is 1.95. The van der Waals surface area contributed by atoms with Crippen LogP contribution in [0.25, 0.3) is 10.9 Å². The van der Waals surface area contributed by atoms with Crippen molar-refractivity contribution in [2.75, 3.05) is 0 Å². The van der Waals surface area contributed by atoms with Crippen molar-refractivity contribution >= 4 is 22.2 Å². The number of thiophene rings is 1. The monoisotopic (exact) mass is 151 g/mol. The predicted molar refractivity (Wildman–Crippen MR) is 40.8 cm³/mol. The van der Waals surface area contributed by atoms with Gasteiger partial charge >= 0.3 is 0 Å². The molecule has 2 nitrogen and oxygen atoms in total. The van der Waals surface area contributed by atoms with E-state index in [0.717, 1.165) is 15.6 Å². The maximum Gasteiger partial charge on any atom is 0.234 e. The summed E-state index contributed by atoms with van der Waals surface area (Å²) in [5.74, 6) is 0. The van der Waals surface area contributed by atoms with Gasteiger partial charge in [-0.2, -0.15) is 4.73 Å². The van der Waals surface area contributed by atoms with E-state index in [4.69, 9.17) is 0 Å². The van der Waals surface area contributed by atoms with E-state index in [1.807, 2.05) is 16.8 Å². The molecule has 2 rings (SSSR count). The third-order valence-corrected chi connectivity index (χ3v) is 2.15. The van der Waals surface area contributed by atoms with Gasteiger partial charge in [0.1, 0.15) is 0 Å². The minimum Gasteiger partial charge on any atom is -0.618 e. The van der Waals surface area contributed by atoms with Gasteiger partial charge in [-0.05, 0) is 6.07 Å². The fourth-order valence-electron chi connectivity index (χ4n) is 0.909. The van der Waals surface area contributed by atoms with Gasteiger partial charge in [-0.1, -0.05) is 0 Å². The molecule has 0 aromatic carbocycles. The summed E-state index contributed by atoms with van der Waals surface area (Å²) in [5, 5.41) is 15.8. The third kappa shape index (κ3) is 0.675. The summed E-state index contributed by atoms with van der Waals surface area (Å²) < 4.78 is 0.881. The van der Waals surface area contributed by atoms with E-state index in [1.165, 1.54) is 6.20 Å². The first kappa shape index (κ1) is 5.68. The maximum atomic E-state index is 11.0. The van der Waals surface area contributed by atoms with Crippen LogP contribution < -0.4 is 4.73 Å². The van der Waals surface area contributed by atoms with Gasteiger partial charge in [0.2, 0.25) is 5.52 Å². The zero-order valence-electron chi connectivity index (χ0n) is 5.15. The molecule has 0 radical (unpaired) electrons. The number of rotatable bonds is 0. The lowest BCUT2D eigenvalue weighted by Gasteiger charge is -1.93. The van der Waals surface area contributed by atoms with Crippen LogP contribution in [0.1, 0.15) is 0 Å². The third-order valence-electron chi connectivity index (χ3n) is 1.41. The first-order valence-electron chi connectivity index (χ1n) is 2.92. The van der Waals surface area contributed by atoms with Crippen molar-refractivity contribution in [3.8, 4) is 0 Å². The summed E-state index contributed by atoms with van der Waals surface area (Å²) in [7, 11) is 0. The fraction of sp³-hybridized carbons (Fsp3) is 0. The van der Waals surface area contributed by atoms with Crippen LogP contribution in [0, 0.1) is 5.21 Å². The number of nitrogens with zero attached hydrogens (tertiary/aromatic N) is 1. The molecule has 10 heavy (non-hydrogen) atoms. The Morgan fingerprint density at radius 1 is 1.40 bits per heavy atom. The molecule has 0 saturated carbocycles. The van der Waals surface area contributed by atoms with Crippen LogP contribution in [0.4, 0.5) is 0 Å². The Hall–Kier alpha value is -1.09. The molecule has 50 valence electrons. The van der Waals surface area contributed by atoms with Crippen molar-refractivity contribution in [3.63, 3.8) is 0 Å². The van der Waals surface area contributed by atoms with E-state index in [-0.39, 0.29) is 0 Å². The van der Waals surface area contributed by atoms with Crippen LogP contribution in [0.3, 0.4) is 0 Å². The average Bonchev–Trinajstić information content (AvgIpc) is 2.36. The highest BCUT2D eigenvalue weighted by atomic mass is 32.1. The van der Waals surface area contributed by atoms with E-state index in [9.17, 15) is 5.21 Å². The van der Waals surface area contributed by atoms with Gasteiger partial charge in [-0.3, -0.25) is 0 Å². The summed E-state index contributed by atoms with van der Waals surface area (Å²) in [6.45, 7) is 0. The highest BCUT2D eigenvalue weighted by Gasteiger charge is 2.00. The number of fused-ring (bicyclic) bond motifs is 1. The van der Waals surface area contributed by atoms with E-state index >= 15 is 0 Å². The molecule has 0 aliphatic rings. The summed E-state index contributed by atoms with van der Waals surface area (Å²) in [6, 6.07) is 3.68. The smallest absolute Gasteiger partial charge is 0.234 e. The first-order chi connectivity index (χ1) is 4.88. The zero-order valence-corrected chi connectivity index (χ0v) is 5.97. The molecule has 2 aromatic heterocycles. The minimum atomic E-state index is 0.757. The minimum absolute atomic E-state index is 0.757. The molecule has 0 spiro atoms. The van der Waals surface area contributed by atoms with E-state index < -0.39 is 0 Å². The number of pyridine rings is 1. The van der Waals surface area contributed by atoms with Gasteiger partial charge in [0.15, 0.2) is 6.20 Å². The van der Waals surface area contributed by atoms with Crippen molar-refractivity contribution in [3.05, 3.63) is 34.3 Å². The summed E-state index contributed by atoms with van der Waals surface area (Å²) in [4.78, 5) is 0. The van der Waals surface area contributed by atoms with E-state index in [1.54, 1.807) is 17.4 Å². The van der Waals surface area contributed by atoms with Crippen molar-refractivity contribution in [2.45, 2.75) is 0 Å². The normalized spacial score (nSPS) is 10.4. The van der Waals surface area contributed by atoms with Gasteiger partial charge in [0.25, 0.3) is 0 Å². The van der Waals surface area contributed by atoms with Crippen LogP contribution in [0.5, 0.6) is 0 Å². The Balaban J connectivity index is 2.95. The molecule has 0 N–H and O–H groups in total. The Morgan fingerprint density at radius 2 is 2.30 bits per heavy atom. The molecule has 2 heterocycles. The summed E-state index contributed by atoms with van der Waals surface area (Å²) in [5.41, 5.74) is 0.757. The van der Waals surface area contributed by atoms with Crippen LogP contribution in [-0.2, 0) is 0 Å². The second-order valence-electron chi connectivity index (χ2n) is 2.05. The lowest BCUT2D eigenvalue weighted by atomic mass is 10.3. The number of hydrogen-bond acceptors (Lipinski definition) is 2. The van der Waals surface area contributed by atoms with Crippen LogP contribution in [-0.4, -0.2) is 0 Å². The molecule has 0 saturated heterocycles. The average molecular weight is 151 g/mol. The molecule has 0 bridgehead atoms. The quantitative estimate of drug-likeness (QED) is 0.414. The number of aromatic nitrogens is 1. The predicted octanol–water partition coefficient (Wildman–Crippen LogP) is 1.53. The van der Waals surface area contributed by atoms with Gasteiger partial charge in [-0.15, -0.1) is 11.3 Å². The topological polar surface area (TPSA) is 26.9 Å². The molecule has 0 unspecified atom stereocenters. The lowest BCUT2D eigenvalue weighted by molar-refractivity contribution is -0.576. The Kier molecular flexibility index (Phi) is 1.11. The molecule has 0 fully saturated rings. The van der Waals surface area contributed by atoms with E-state index in [0.29, 0.717) is 0 Å². The van der Waals surface area contributed by atoms with Crippen molar-refractivity contribution in [1.29, 1.82) is 0 Å². The molecule has 2 aromatic rings. The van der Waals surface area contributed by atoms with Gasteiger partial charge in [0.05, 0.1) is 10.8 Å². The summed E-state index contributed by atoms with van der Waals surface area (Å²) >= 11 is 1.55. The van der Waals surface area contributed by atoms with Crippen LogP contribution in [0.15, 0.2) is 29.1 Å². The number of hydrogen-bond donors (Lipinski definition) is 0. The molecule has 0 atom stereocenters. The maximum absolute atomic E-state index is 11.0. The van der Waals surface area contributed by atoms with Gasteiger partial charge in [-0.25, -0.2) is 0 Å². The summed E-state index contributed by atoms with van der Waals surface area (Å²) in [6.07, 6.45) is 1.51. The Bertz CT molecular complexity index is 355. The SMILES string of the molecule is [O-][n+]1cccc2cscc21. The van der Waals surface area contributed by atoms with Crippen molar-refractivity contribution in [1.82, 2.24) is 0 Å². The largest absolute Gasteiger partial charge is 0.618 e. The first-order valence-corrected chi connectivity index (χ1v) is 3.86. The van der Waals surface area contributed by atoms with Gasteiger partial charge < -0.3 is 5.21 Å². The van der Waals surface area contributed by atoms with Crippen LogP contribution in [0.2, 0.25) is 0 Å². The Morgan fingerprint density at radius 3 is 3.10 bits per heavy atom. The zero-order chi connectivity index (χ0) is 6.97. The molecular weight excluding hydrogens is 146 g/mol. The fourth-order valence-corrected chi connectivity index (χ4v) is 1.69. The second-order valence-corrected chi connectivity index (χ2v) is 2.79. The molecule has 0 aliphatic carbocycles. The molecule has 3 heteroatoms. The van der Waals surface area contributed by atoms with Crippen molar-refractivity contribution in [2.24, 2.45) is 0 Å².